The Kier molecular flexibility index (Phi) is 5.25. The van der Waals surface area contributed by atoms with Crippen molar-refractivity contribution in [2.75, 3.05) is 13.1 Å². The summed E-state index contributed by atoms with van der Waals surface area (Å²) in [6, 6.07) is 11.0. The van der Waals surface area contributed by atoms with Gasteiger partial charge in [0.2, 0.25) is 0 Å². The van der Waals surface area contributed by atoms with Crippen LogP contribution in [0.5, 0.6) is 0 Å². The average molecular weight is 401 g/mol. The number of hydrogen-bond acceptors (Lipinski definition) is 4. The Morgan fingerprint density at radius 1 is 1.19 bits per heavy atom. The molecule has 1 aliphatic rings. The molecule has 1 N–H and O–H groups in total. The predicted molar refractivity (Wildman–Crippen MR) is 107 cm³/mol. The summed E-state index contributed by atoms with van der Waals surface area (Å²) in [5, 5.41) is 1.18. The molecule has 0 aliphatic carbocycles. The molecule has 0 bridgehead atoms. The molecule has 27 heavy (non-hydrogen) atoms. The summed E-state index contributed by atoms with van der Waals surface area (Å²) in [7, 11) is 0. The number of aromatic nitrogens is 3. The van der Waals surface area contributed by atoms with Crippen LogP contribution in [0.1, 0.15) is 23.6 Å². The SMILES string of the molecule is O=c1cc([C@H]2CCN(Cc3cccc(Cl)c3Cl)C2)nc(-c2ccncc2)[nH]1. The van der Waals surface area contributed by atoms with Gasteiger partial charge < -0.3 is 4.98 Å². The molecule has 0 saturated carbocycles. The number of rotatable bonds is 4. The zero-order valence-corrected chi connectivity index (χ0v) is 16.0. The van der Waals surface area contributed by atoms with Crippen molar-refractivity contribution in [1.29, 1.82) is 0 Å². The van der Waals surface area contributed by atoms with Crippen LogP contribution in [0.2, 0.25) is 10.0 Å². The van der Waals surface area contributed by atoms with Gasteiger partial charge in [-0.1, -0.05) is 35.3 Å². The van der Waals surface area contributed by atoms with Gasteiger partial charge in [-0.25, -0.2) is 4.98 Å². The summed E-state index contributed by atoms with van der Waals surface area (Å²) in [6.45, 7) is 2.48. The first kappa shape index (κ1) is 18.2. The monoisotopic (exact) mass is 400 g/mol. The number of pyridine rings is 1. The molecule has 1 atom stereocenters. The summed E-state index contributed by atoms with van der Waals surface area (Å²) >= 11 is 12.4. The highest BCUT2D eigenvalue weighted by atomic mass is 35.5. The quantitative estimate of drug-likeness (QED) is 0.714. The molecule has 1 saturated heterocycles. The molecule has 5 nitrogen and oxygen atoms in total. The second-order valence-electron chi connectivity index (χ2n) is 6.69. The number of benzene rings is 1. The van der Waals surface area contributed by atoms with Crippen molar-refractivity contribution in [3.05, 3.63) is 80.4 Å². The van der Waals surface area contributed by atoms with Crippen LogP contribution in [0.3, 0.4) is 0 Å². The maximum absolute atomic E-state index is 12.1. The van der Waals surface area contributed by atoms with E-state index in [1.54, 1.807) is 24.5 Å². The molecule has 0 unspecified atom stereocenters. The number of H-pyrrole nitrogens is 1. The normalized spacial score (nSPS) is 17.3. The summed E-state index contributed by atoms with van der Waals surface area (Å²) in [6.07, 6.45) is 4.33. The number of halogens is 2. The Balaban J connectivity index is 1.53. The Morgan fingerprint density at radius 2 is 2.00 bits per heavy atom. The van der Waals surface area contributed by atoms with Gasteiger partial charge in [0.1, 0.15) is 5.82 Å². The topological polar surface area (TPSA) is 61.9 Å². The zero-order valence-electron chi connectivity index (χ0n) is 14.5. The van der Waals surface area contributed by atoms with Gasteiger partial charge in [0.25, 0.3) is 5.56 Å². The lowest BCUT2D eigenvalue weighted by molar-refractivity contribution is 0.326. The largest absolute Gasteiger partial charge is 0.307 e. The third kappa shape index (κ3) is 4.05. The highest BCUT2D eigenvalue weighted by Gasteiger charge is 2.26. The van der Waals surface area contributed by atoms with Crippen molar-refractivity contribution in [2.45, 2.75) is 18.9 Å². The van der Waals surface area contributed by atoms with Crippen molar-refractivity contribution in [1.82, 2.24) is 19.9 Å². The summed E-state index contributed by atoms with van der Waals surface area (Å²) in [5.74, 6) is 0.794. The van der Waals surface area contributed by atoms with Gasteiger partial charge in [-0.15, -0.1) is 0 Å². The van der Waals surface area contributed by atoms with E-state index in [0.717, 1.165) is 42.9 Å². The van der Waals surface area contributed by atoms with E-state index >= 15 is 0 Å². The van der Waals surface area contributed by atoms with Crippen molar-refractivity contribution in [3.63, 3.8) is 0 Å². The second-order valence-corrected chi connectivity index (χ2v) is 7.47. The summed E-state index contributed by atoms with van der Waals surface area (Å²) in [5.41, 5.74) is 2.55. The Hall–Kier alpha value is -2.21. The minimum atomic E-state index is -0.136. The van der Waals surface area contributed by atoms with Gasteiger partial charge in [-0.3, -0.25) is 14.7 Å². The number of nitrogens with one attached hydrogen (secondary N) is 1. The van der Waals surface area contributed by atoms with Gasteiger partial charge in [-0.05, 0) is 36.7 Å². The second kappa shape index (κ2) is 7.80. The van der Waals surface area contributed by atoms with Gasteiger partial charge >= 0.3 is 0 Å². The molecule has 0 amide bonds. The molecule has 3 aromatic rings. The first-order valence-corrected chi connectivity index (χ1v) is 9.52. The zero-order chi connectivity index (χ0) is 18.8. The Morgan fingerprint density at radius 3 is 2.81 bits per heavy atom. The highest BCUT2D eigenvalue weighted by molar-refractivity contribution is 6.42. The first-order valence-electron chi connectivity index (χ1n) is 8.77. The summed E-state index contributed by atoms with van der Waals surface area (Å²) < 4.78 is 0. The molecule has 2 aromatic heterocycles. The number of aromatic amines is 1. The maximum atomic E-state index is 12.1. The minimum Gasteiger partial charge on any atom is -0.307 e. The lowest BCUT2D eigenvalue weighted by atomic mass is 10.0. The molecule has 1 aromatic carbocycles. The van der Waals surface area contributed by atoms with Crippen molar-refractivity contribution in [2.24, 2.45) is 0 Å². The van der Waals surface area contributed by atoms with Crippen LogP contribution in [-0.4, -0.2) is 32.9 Å². The lowest BCUT2D eigenvalue weighted by Crippen LogP contribution is -2.21. The van der Waals surface area contributed by atoms with E-state index in [-0.39, 0.29) is 11.5 Å². The van der Waals surface area contributed by atoms with Gasteiger partial charge in [0, 0.05) is 43.0 Å². The minimum absolute atomic E-state index is 0.136. The molecule has 0 spiro atoms. The van der Waals surface area contributed by atoms with Gasteiger partial charge in [0.15, 0.2) is 0 Å². The predicted octanol–water partition coefficient (Wildman–Crippen LogP) is 4.13. The van der Waals surface area contributed by atoms with E-state index in [4.69, 9.17) is 28.2 Å². The molecule has 138 valence electrons. The molecule has 1 fully saturated rings. The molecule has 4 rings (SSSR count). The first-order chi connectivity index (χ1) is 13.1. The van der Waals surface area contributed by atoms with E-state index in [0.29, 0.717) is 15.9 Å². The van der Waals surface area contributed by atoms with Crippen LogP contribution in [-0.2, 0) is 6.54 Å². The third-order valence-electron chi connectivity index (χ3n) is 4.83. The third-order valence-corrected chi connectivity index (χ3v) is 5.69. The van der Waals surface area contributed by atoms with Crippen LogP contribution in [0.25, 0.3) is 11.4 Å². The van der Waals surface area contributed by atoms with Crippen LogP contribution in [0, 0.1) is 0 Å². The van der Waals surface area contributed by atoms with Crippen LogP contribution in [0.4, 0.5) is 0 Å². The van der Waals surface area contributed by atoms with E-state index in [9.17, 15) is 4.79 Å². The number of hydrogen-bond donors (Lipinski definition) is 1. The van der Waals surface area contributed by atoms with E-state index in [1.165, 1.54) is 0 Å². The summed E-state index contributed by atoms with van der Waals surface area (Å²) in [4.78, 5) is 26.0. The molecule has 0 radical (unpaired) electrons. The smallest absolute Gasteiger partial charge is 0.251 e. The van der Waals surface area contributed by atoms with E-state index in [1.807, 2.05) is 24.3 Å². The number of likely N-dealkylation sites (tertiary alicyclic amines) is 1. The van der Waals surface area contributed by atoms with E-state index < -0.39 is 0 Å². The van der Waals surface area contributed by atoms with Gasteiger partial charge in [-0.2, -0.15) is 0 Å². The van der Waals surface area contributed by atoms with Crippen LogP contribution in [0.15, 0.2) is 53.6 Å². The van der Waals surface area contributed by atoms with Crippen LogP contribution < -0.4 is 5.56 Å². The maximum Gasteiger partial charge on any atom is 0.251 e. The van der Waals surface area contributed by atoms with Crippen molar-refractivity contribution < 1.29 is 0 Å². The fourth-order valence-corrected chi connectivity index (χ4v) is 3.84. The fraction of sp³-hybridized carbons (Fsp3) is 0.250. The highest BCUT2D eigenvalue weighted by Crippen LogP contribution is 2.31. The molecular weight excluding hydrogens is 383 g/mol. The Bertz CT molecular complexity index is 1010. The van der Waals surface area contributed by atoms with Crippen molar-refractivity contribution >= 4 is 23.2 Å². The van der Waals surface area contributed by atoms with Gasteiger partial charge in [0.05, 0.1) is 15.7 Å². The molecule has 3 heterocycles. The number of nitrogens with zero attached hydrogens (tertiary/aromatic N) is 3. The molecular formula is C20H18Cl2N4O. The lowest BCUT2D eigenvalue weighted by Gasteiger charge is -2.17. The fourth-order valence-electron chi connectivity index (χ4n) is 3.46. The molecule has 7 heteroatoms. The standard InChI is InChI=1S/C20H18Cl2N4O/c21-16-3-1-2-15(19(16)22)12-26-9-6-14(11-26)17-10-18(27)25-20(24-17)13-4-7-23-8-5-13/h1-5,7-8,10,14H,6,9,11-12H2,(H,24,25,27)/t14-/m0/s1. The average Bonchev–Trinajstić information content (AvgIpc) is 3.14. The van der Waals surface area contributed by atoms with Crippen LogP contribution >= 0.6 is 23.2 Å². The van der Waals surface area contributed by atoms with Crippen molar-refractivity contribution in [3.8, 4) is 11.4 Å². The molecule has 1 aliphatic heterocycles. The Labute approximate surface area is 167 Å². The van der Waals surface area contributed by atoms with E-state index in [2.05, 4.69) is 14.9 Å².